The molecule has 0 spiro atoms. The molecule has 150 valence electrons. The number of hydrogen-bond donors (Lipinski definition) is 2. The molecule has 3 aromatic rings. The van der Waals surface area contributed by atoms with Gasteiger partial charge in [-0.2, -0.15) is 5.10 Å². The van der Waals surface area contributed by atoms with Crippen LogP contribution >= 0.6 is 0 Å². The van der Waals surface area contributed by atoms with Gasteiger partial charge in [0.2, 0.25) is 0 Å². The lowest BCUT2D eigenvalue weighted by Crippen LogP contribution is -2.09. The van der Waals surface area contributed by atoms with Gasteiger partial charge in [0.1, 0.15) is 16.5 Å². The van der Waals surface area contributed by atoms with E-state index in [1.165, 1.54) is 30.6 Å². The summed E-state index contributed by atoms with van der Waals surface area (Å²) < 4.78 is 46.4. The third kappa shape index (κ3) is 4.91. The standard InChI is InChI=1S/C19H20N6O3S/c1-4-15(26)13-11-21-18(23-17-8-7-12(2)24-25-17)10-14(13)22-19-16(29(3,27)28)6-5-9-20-19/h5-11H,4H2,1-3H3,(H2,20,21,22,23,25)/i1D3. The number of ketones is 1. The number of anilines is 4. The van der Waals surface area contributed by atoms with E-state index in [0.717, 1.165) is 11.9 Å². The summed E-state index contributed by atoms with van der Waals surface area (Å²) in [6.45, 7) is -0.694. The molecule has 0 saturated heterocycles. The number of pyridine rings is 2. The molecular weight excluding hydrogens is 392 g/mol. The van der Waals surface area contributed by atoms with Gasteiger partial charge in [0.25, 0.3) is 0 Å². The number of Topliss-reactive ketones (excluding diaryl/α,β-unsaturated/α-hetero) is 1. The summed E-state index contributed by atoms with van der Waals surface area (Å²) >= 11 is 0. The monoisotopic (exact) mass is 415 g/mol. The zero-order valence-corrected chi connectivity index (χ0v) is 16.5. The highest BCUT2D eigenvalue weighted by atomic mass is 32.2. The van der Waals surface area contributed by atoms with Crippen molar-refractivity contribution in [2.24, 2.45) is 0 Å². The first-order valence-corrected chi connectivity index (χ1v) is 10.3. The van der Waals surface area contributed by atoms with Gasteiger partial charge >= 0.3 is 0 Å². The molecule has 10 heteroatoms. The van der Waals surface area contributed by atoms with E-state index in [1.807, 2.05) is 0 Å². The van der Waals surface area contributed by atoms with Gasteiger partial charge in [-0.15, -0.1) is 5.10 Å². The number of carbonyl (C=O) groups is 1. The topological polar surface area (TPSA) is 127 Å². The average Bonchev–Trinajstić information content (AvgIpc) is 2.68. The van der Waals surface area contributed by atoms with Crippen molar-refractivity contribution in [3.63, 3.8) is 0 Å². The predicted octanol–water partition coefficient (Wildman–Crippen LogP) is 3.06. The maximum Gasteiger partial charge on any atom is 0.179 e. The first-order valence-electron chi connectivity index (χ1n) is 9.95. The Morgan fingerprint density at radius 3 is 2.66 bits per heavy atom. The van der Waals surface area contributed by atoms with E-state index in [4.69, 9.17) is 4.11 Å². The fourth-order valence-corrected chi connectivity index (χ4v) is 3.23. The number of sulfone groups is 1. The van der Waals surface area contributed by atoms with Crippen molar-refractivity contribution in [2.45, 2.75) is 25.1 Å². The first kappa shape index (κ1) is 16.5. The molecule has 2 N–H and O–H groups in total. The van der Waals surface area contributed by atoms with Crippen LogP contribution in [0.5, 0.6) is 0 Å². The predicted molar refractivity (Wildman–Crippen MR) is 110 cm³/mol. The molecule has 0 aliphatic rings. The zero-order valence-electron chi connectivity index (χ0n) is 18.7. The maximum absolute atomic E-state index is 12.6. The van der Waals surface area contributed by atoms with Gasteiger partial charge < -0.3 is 10.6 Å². The Balaban J connectivity index is 2.04. The van der Waals surface area contributed by atoms with Crippen LogP contribution in [0.3, 0.4) is 0 Å². The van der Waals surface area contributed by atoms with E-state index in [0.29, 0.717) is 5.82 Å². The molecule has 3 heterocycles. The van der Waals surface area contributed by atoms with Crippen LogP contribution in [-0.2, 0) is 9.84 Å². The molecule has 29 heavy (non-hydrogen) atoms. The summed E-state index contributed by atoms with van der Waals surface area (Å²) in [5, 5.41) is 13.7. The largest absolute Gasteiger partial charge is 0.338 e. The van der Waals surface area contributed by atoms with Crippen LogP contribution < -0.4 is 10.6 Å². The van der Waals surface area contributed by atoms with E-state index in [2.05, 4.69) is 30.8 Å². The van der Waals surface area contributed by atoms with Crippen LogP contribution in [0.25, 0.3) is 0 Å². The molecule has 0 aromatic carbocycles. The second-order valence-electron chi connectivity index (χ2n) is 6.15. The fourth-order valence-electron chi connectivity index (χ4n) is 2.45. The number of carbonyl (C=O) groups excluding carboxylic acids is 1. The summed E-state index contributed by atoms with van der Waals surface area (Å²) in [6, 6.07) is 7.71. The Morgan fingerprint density at radius 1 is 1.14 bits per heavy atom. The van der Waals surface area contributed by atoms with Crippen molar-refractivity contribution in [3.8, 4) is 0 Å². The molecule has 0 amide bonds. The van der Waals surface area contributed by atoms with Crippen molar-refractivity contribution in [1.82, 2.24) is 20.2 Å². The molecule has 0 saturated carbocycles. The van der Waals surface area contributed by atoms with Crippen molar-refractivity contribution in [2.75, 3.05) is 16.9 Å². The number of nitrogens with one attached hydrogen (secondary N) is 2. The van der Waals surface area contributed by atoms with Crippen LogP contribution in [0.1, 0.15) is 33.4 Å². The van der Waals surface area contributed by atoms with E-state index >= 15 is 0 Å². The minimum atomic E-state index is -3.63. The fraction of sp³-hybridized carbons (Fsp3) is 0.211. The van der Waals surface area contributed by atoms with Gasteiger partial charge in [0, 0.05) is 35.2 Å². The lowest BCUT2D eigenvalue weighted by molar-refractivity contribution is 0.0988. The Morgan fingerprint density at radius 2 is 1.97 bits per heavy atom. The summed E-state index contributed by atoms with van der Waals surface area (Å²) in [7, 11) is -3.63. The molecular formula is C19H20N6O3S. The third-order valence-electron chi connectivity index (χ3n) is 3.84. The van der Waals surface area contributed by atoms with Crippen molar-refractivity contribution < 1.29 is 17.3 Å². The number of aryl methyl sites for hydroxylation is 1. The van der Waals surface area contributed by atoms with Crippen LogP contribution in [0.2, 0.25) is 0 Å². The summed E-state index contributed by atoms with van der Waals surface area (Å²) in [5.41, 5.74) is 0.840. The Labute approximate surface area is 172 Å². The average molecular weight is 415 g/mol. The van der Waals surface area contributed by atoms with Crippen molar-refractivity contribution in [3.05, 3.63) is 54.0 Å². The van der Waals surface area contributed by atoms with Gasteiger partial charge in [-0.1, -0.05) is 6.85 Å². The lowest BCUT2D eigenvalue weighted by Gasteiger charge is -2.14. The van der Waals surface area contributed by atoms with Crippen LogP contribution in [-0.4, -0.2) is 40.6 Å². The molecule has 0 fully saturated rings. The quantitative estimate of drug-likeness (QED) is 0.560. The van der Waals surface area contributed by atoms with Gasteiger partial charge in [0.05, 0.1) is 16.9 Å². The highest BCUT2D eigenvalue weighted by molar-refractivity contribution is 7.90. The summed E-state index contributed by atoms with van der Waals surface area (Å²) in [5.74, 6) is -0.0260. The normalized spacial score (nSPS) is 13.1. The van der Waals surface area contributed by atoms with Crippen molar-refractivity contribution >= 4 is 38.8 Å². The highest BCUT2D eigenvalue weighted by Crippen LogP contribution is 2.28. The number of rotatable bonds is 7. The number of hydrogen-bond acceptors (Lipinski definition) is 9. The summed E-state index contributed by atoms with van der Waals surface area (Å²) in [6.07, 6.45) is 2.93. The van der Waals surface area contributed by atoms with Gasteiger partial charge in [0.15, 0.2) is 21.4 Å². The molecule has 0 atom stereocenters. The van der Waals surface area contributed by atoms with Crippen LogP contribution in [0, 0.1) is 6.92 Å². The van der Waals surface area contributed by atoms with Gasteiger partial charge in [-0.3, -0.25) is 4.79 Å². The first-order chi connectivity index (χ1) is 14.9. The Bertz CT molecular complexity index is 1250. The minimum Gasteiger partial charge on any atom is -0.338 e. The van der Waals surface area contributed by atoms with Crippen LogP contribution in [0.4, 0.5) is 23.1 Å². The van der Waals surface area contributed by atoms with E-state index < -0.39 is 28.9 Å². The second kappa shape index (κ2) is 8.31. The SMILES string of the molecule is [2H]C([2H])([2H])CC(=O)c1cnc(Nc2ccc(C)nn2)cc1Nc1ncccc1S(C)(=O)=O. The molecule has 3 rings (SSSR count). The van der Waals surface area contributed by atoms with E-state index in [1.54, 1.807) is 19.1 Å². The van der Waals surface area contributed by atoms with Crippen molar-refractivity contribution in [1.29, 1.82) is 0 Å². The molecule has 0 unspecified atom stereocenters. The molecule has 0 bridgehead atoms. The summed E-state index contributed by atoms with van der Waals surface area (Å²) in [4.78, 5) is 20.8. The molecule has 0 aliphatic heterocycles. The highest BCUT2D eigenvalue weighted by Gasteiger charge is 2.18. The molecule has 0 radical (unpaired) electrons. The number of nitrogens with zero attached hydrogens (tertiary/aromatic N) is 4. The molecule has 9 nitrogen and oxygen atoms in total. The minimum absolute atomic E-state index is 0.00906. The van der Waals surface area contributed by atoms with Gasteiger partial charge in [-0.05, 0) is 31.2 Å². The third-order valence-corrected chi connectivity index (χ3v) is 4.97. The lowest BCUT2D eigenvalue weighted by atomic mass is 10.1. The maximum atomic E-state index is 12.6. The van der Waals surface area contributed by atoms with E-state index in [-0.39, 0.29) is 27.8 Å². The van der Waals surface area contributed by atoms with E-state index in [9.17, 15) is 13.2 Å². The Hall–Kier alpha value is -3.40. The zero-order chi connectivity index (χ0) is 23.5. The van der Waals surface area contributed by atoms with Crippen LogP contribution in [0.15, 0.2) is 47.6 Å². The molecule has 0 aliphatic carbocycles. The van der Waals surface area contributed by atoms with Gasteiger partial charge in [-0.25, -0.2) is 18.4 Å². The number of aromatic nitrogens is 4. The smallest absolute Gasteiger partial charge is 0.179 e. The molecule has 3 aromatic heterocycles. The second-order valence-corrected chi connectivity index (χ2v) is 8.13. The Kier molecular flexibility index (Phi) is 4.74.